The lowest BCUT2D eigenvalue weighted by atomic mass is 10.1. The normalized spacial score (nSPS) is 11.2. The lowest BCUT2D eigenvalue weighted by molar-refractivity contribution is 0.405. The lowest BCUT2D eigenvalue weighted by Crippen LogP contribution is -2.23. The summed E-state index contributed by atoms with van der Waals surface area (Å²) in [6.07, 6.45) is 0.762. The number of guanidine groups is 1. The van der Waals surface area contributed by atoms with Crippen LogP contribution < -0.4 is 20.5 Å². The van der Waals surface area contributed by atoms with E-state index in [4.69, 9.17) is 26.8 Å². The molecular formula is C17H20ClN3O2. The van der Waals surface area contributed by atoms with Gasteiger partial charge >= 0.3 is 0 Å². The molecule has 5 nitrogen and oxygen atoms in total. The summed E-state index contributed by atoms with van der Waals surface area (Å²) in [5.74, 6) is 1.69. The number of methoxy groups -OCH3 is 2. The van der Waals surface area contributed by atoms with Gasteiger partial charge in [0.05, 0.1) is 19.9 Å². The van der Waals surface area contributed by atoms with Crippen molar-refractivity contribution < 1.29 is 9.47 Å². The molecule has 0 saturated carbocycles. The number of halogens is 1. The summed E-state index contributed by atoms with van der Waals surface area (Å²) >= 11 is 5.96. The predicted molar refractivity (Wildman–Crippen MR) is 94.8 cm³/mol. The second-order valence-electron chi connectivity index (χ2n) is 4.84. The molecule has 3 N–H and O–H groups in total. The van der Waals surface area contributed by atoms with E-state index in [0.717, 1.165) is 17.0 Å². The molecule has 2 aromatic carbocycles. The third kappa shape index (κ3) is 5.07. The minimum absolute atomic E-state index is 0.318. The van der Waals surface area contributed by atoms with Crippen LogP contribution in [0.25, 0.3) is 0 Å². The van der Waals surface area contributed by atoms with Gasteiger partial charge < -0.3 is 20.5 Å². The molecule has 0 unspecified atom stereocenters. The molecule has 0 saturated heterocycles. The van der Waals surface area contributed by atoms with Crippen LogP contribution in [-0.4, -0.2) is 26.7 Å². The SMILES string of the molecule is COc1ccc(OC)c(NC(N)=NCCc2cccc(Cl)c2)c1. The van der Waals surface area contributed by atoms with Crippen LogP contribution in [0.3, 0.4) is 0 Å². The molecule has 122 valence electrons. The number of nitrogens with one attached hydrogen (secondary N) is 1. The Kier molecular flexibility index (Phi) is 6.11. The van der Waals surface area contributed by atoms with E-state index in [1.165, 1.54) is 0 Å². The fourth-order valence-electron chi connectivity index (χ4n) is 2.09. The van der Waals surface area contributed by atoms with Crippen LogP contribution in [0.4, 0.5) is 5.69 Å². The van der Waals surface area contributed by atoms with Crippen molar-refractivity contribution >= 4 is 23.2 Å². The first-order valence-corrected chi connectivity index (χ1v) is 7.53. The molecule has 0 aliphatic heterocycles. The van der Waals surface area contributed by atoms with Gasteiger partial charge in [0.2, 0.25) is 0 Å². The van der Waals surface area contributed by atoms with Crippen molar-refractivity contribution in [3.8, 4) is 11.5 Å². The molecule has 0 aromatic heterocycles. The van der Waals surface area contributed by atoms with Crippen LogP contribution in [0, 0.1) is 0 Å². The van der Waals surface area contributed by atoms with Gasteiger partial charge in [-0.1, -0.05) is 23.7 Å². The Morgan fingerprint density at radius 2 is 2.00 bits per heavy atom. The van der Waals surface area contributed by atoms with E-state index in [9.17, 15) is 0 Å². The highest BCUT2D eigenvalue weighted by atomic mass is 35.5. The van der Waals surface area contributed by atoms with Crippen LogP contribution in [0.2, 0.25) is 5.02 Å². The summed E-state index contributed by atoms with van der Waals surface area (Å²) in [6.45, 7) is 0.561. The second-order valence-corrected chi connectivity index (χ2v) is 5.27. The predicted octanol–water partition coefficient (Wildman–Crippen LogP) is 3.33. The Labute approximate surface area is 141 Å². The highest BCUT2D eigenvalue weighted by molar-refractivity contribution is 6.30. The third-order valence-corrected chi connectivity index (χ3v) is 3.48. The Morgan fingerprint density at radius 3 is 2.70 bits per heavy atom. The van der Waals surface area contributed by atoms with Crippen LogP contribution in [-0.2, 0) is 6.42 Å². The minimum Gasteiger partial charge on any atom is -0.497 e. The van der Waals surface area contributed by atoms with Crippen molar-refractivity contribution in [3.05, 3.63) is 53.1 Å². The molecule has 2 aromatic rings. The number of ether oxygens (including phenoxy) is 2. The summed E-state index contributed by atoms with van der Waals surface area (Å²) in [5, 5.41) is 3.75. The molecule has 2 rings (SSSR count). The molecule has 0 aliphatic rings. The van der Waals surface area contributed by atoms with Crippen LogP contribution in [0.15, 0.2) is 47.5 Å². The van der Waals surface area contributed by atoms with Gasteiger partial charge in [0.25, 0.3) is 0 Å². The molecular weight excluding hydrogens is 314 g/mol. The number of benzene rings is 2. The van der Waals surface area contributed by atoms with Gasteiger partial charge in [-0.15, -0.1) is 0 Å². The highest BCUT2D eigenvalue weighted by Crippen LogP contribution is 2.28. The highest BCUT2D eigenvalue weighted by Gasteiger charge is 2.06. The fraction of sp³-hybridized carbons (Fsp3) is 0.235. The van der Waals surface area contributed by atoms with Gasteiger partial charge in [0, 0.05) is 17.6 Å². The monoisotopic (exact) mass is 333 g/mol. The quantitative estimate of drug-likeness (QED) is 0.628. The number of nitrogens with two attached hydrogens (primary N) is 1. The number of hydrogen-bond acceptors (Lipinski definition) is 3. The Balaban J connectivity index is 1.99. The maximum Gasteiger partial charge on any atom is 0.193 e. The standard InChI is InChI=1S/C17H20ClN3O2/c1-22-14-6-7-16(23-2)15(11-14)21-17(19)20-9-8-12-4-3-5-13(18)10-12/h3-7,10-11H,8-9H2,1-2H3,(H3,19,20,21). The zero-order valence-corrected chi connectivity index (χ0v) is 13.9. The van der Waals surface area contributed by atoms with E-state index in [1.807, 2.05) is 30.3 Å². The zero-order chi connectivity index (χ0) is 16.7. The first-order valence-electron chi connectivity index (χ1n) is 7.16. The molecule has 0 radical (unpaired) electrons. The van der Waals surface area contributed by atoms with Gasteiger partial charge in [-0.25, -0.2) is 0 Å². The maximum atomic E-state index is 5.96. The van der Waals surface area contributed by atoms with E-state index in [1.54, 1.807) is 26.4 Å². The van der Waals surface area contributed by atoms with E-state index in [-0.39, 0.29) is 0 Å². The average Bonchev–Trinajstić information content (AvgIpc) is 2.55. The average molecular weight is 334 g/mol. The fourth-order valence-corrected chi connectivity index (χ4v) is 2.30. The van der Waals surface area contributed by atoms with E-state index >= 15 is 0 Å². The zero-order valence-electron chi connectivity index (χ0n) is 13.2. The molecule has 0 aliphatic carbocycles. The smallest absolute Gasteiger partial charge is 0.193 e. The summed E-state index contributed by atoms with van der Waals surface area (Å²) in [7, 11) is 3.20. The summed E-state index contributed by atoms with van der Waals surface area (Å²) in [5.41, 5.74) is 7.75. The van der Waals surface area contributed by atoms with Crippen LogP contribution >= 0.6 is 11.6 Å². The first kappa shape index (κ1) is 17.0. The summed E-state index contributed by atoms with van der Waals surface area (Å²) in [4.78, 5) is 4.32. The molecule has 0 amide bonds. The van der Waals surface area contributed by atoms with Gasteiger partial charge in [-0.3, -0.25) is 4.99 Å². The lowest BCUT2D eigenvalue weighted by Gasteiger charge is -2.12. The van der Waals surface area contributed by atoms with Crippen molar-refractivity contribution in [1.29, 1.82) is 0 Å². The van der Waals surface area contributed by atoms with Crippen LogP contribution in [0.1, 0.15) is 5.56 Å². The third-order valence-electron chi connectivity index (χ3n) is 3.24. The molecule has 6 heteroatoms. The largest absolute Gasteiger partial charge is 0.497 e. The number of hydrogen-bond donors (Lipinski definition) is 2. The maximum absolute atomic E-state index is 5.96. The van der Waals surface area contributed by atoms with E-state index < -0.39 is 0 Å². The van der Waals surface area contributed by atoms with Crippen LogP contribution in [0.5, 0.6) is 11.5 Å². The first-order chi connectivity index (χ1) is 11.1. The van der Waals surface area contributed by atoms with Crippen molar-refractivity contribution in [1.82, 2.24) is 0 Å². The topological polar surface area (TPSA) is 68.9 Å². The van der Waals surface area contributed by atoms with Gasteiger partial charge in [-0.05, 0) is 36.2 Å². The second kappa shape index (κ2) is 8.29. The van der Waals surface area contributed by atoms with Crippen molar-refractivity contribution in [2.24, 2.45) is 10.7 Å². The molecule has 23 heavy (non-hydrogen) atoms. The molecule has 0 bridgehead atoms. The van der Waals surface area contributed by atoms with Gasteiger partial charge in [0.15, 0.2) is 5.96 Å². The van der Waals surface area contributed by atoms with E-state index in [2.05, 4.69) is 10.3 Å². The minimum atomic E-state index is 0.318. The van der Waals surface area contributed by atoms with Crippen molar-refractivity contribution in [2.75, 3.05) is 26.1 Å². The number of nitrogens with zero attached hydrogens (tertiary/aromatic N) is 1. The molecule has 0 fully saturated rings. The molecule has 0 heterocycles. The van der Waals surface area contributed by atoms with Gasteiger partial charge in [-0.2, -0.15) is 0 Å². The number of rotatable bonds is 6. The van der Waals surface area contributed by atoms with Gasteiger partial charge in [0.1, 0.15) is 11.5 Å². The van der Waals surface area contributed by atoms with Crippen molar-refractivity contribution in [2.45, 2.75) is 6.42 Å². The van der Waals surface area contributed by atoms with E-state index in [0.29, 0.717) is 29.7 Å². The van der Waals surface area contributed by atoms with Crippen molar-refractivity contribution in [3.63, 3.8) is 0 Å². The Hall–Kier alpha value is -2.40. The summed E-state index contributed by atoms with van der Waals surface area (Å²) in [6, 6.07) is 13.1. The Morgan fingerprint density at radius 1 is 1.17 bits per heavy atom. The Bertz CT molecular complexity index is 689. The molecule has 0 spiro atoms. The molecule has 0 atom stereocenters. The number of anilines is 1. The summed E-state index contributed by atoms with van der Waals surface area (Å²) < 4.78 is 10.5. The number of aliphatic imine (C=N–C) groups is 1.